The SMILES string of the molecule is CC1(C)C(=O)Nc2cc3[nH]c(-c4ccc([N+](=O)[O-])cc4)cc3cc21. The molecule has 0 spiro atoms. The molecule has 0 atom stereocenters. The normalized spacial score (nSPS) is 15.3. The van der Waals surface area contributed by atoms with E-state index in [1.807, 2.05) is 32.0 Å². The zero-order valence-electron chi connectivity index (χ0n) is 13.2. The fourth-order valence-electron chi connectivity index (χ4n) is 3.12. The van der Waals surface area contributed by atoms with Gasteiger partial charge in [0.15, 0.2) is 0 Å². The molecule has 3 aromatic rings. The molecule has 6 nitrogen and oxygen atoms in total. The second-order valence-corrected chi connectivity index (χ2v) is 6.55. The minimum Gasteiger partial charge on any atom is -0.354 e. The molecule has 0 saturated carbocycles. The van der Waals surface area contributed by atoms with Crippen molar-refractivity contribution in [2.75, 3.05) is 5.32 Å². The largest absolute Gasteiger partial charge is 0.354 e. The lowest BCUT2D eigenvalue weighted by Gasteiger charge is -2.14. The van der Waals surface area contributed by atoms with E-state index in [2.05, 4.69) is 10.3 Å². The number of fused-ring (bicyclic) bond motifs is 2. The maximum absolute atomic E-state index is 12.1. The minimum atomic E-state index is -0.547. The van der Waals surface area contributed by atoms with Crippen LogP contribution in [0.1, 0.15) is 19.4 Å². The van der Waals surface area contributed by atoms with E-state index in [9.17, 15) is 14.9 Å². The van der Waals surface area contributed by atoms with E-state index in [0.717, 1.165) is 33.4 Å². The van der Waals surface area contributed by atoms with Crippen molar-refractivity contribution in [1.82, 2.24) is 4.98 Å². The smallest absolute Gasteiger partial charge is 0.269 e. The standard InChI is InChI=1S/C18H15N3O3/c1-18(2)13-7-11-8-14(10-3-5-12(6-4-10)21(23)24)19-15(11)9-16(13)20-17(18)22/h3-9,19H,1-2H3,(H,20,22). The Balaban J connectivity index is 1.80. The van der Waals surface area contributed by atoms with Crippen LogP contribution >= 0.6 is 0 Å². The topological polar surface area (TPSA) is 88.0 Å². The first-order valence-corrected chi connectivity index (χ1v) is 7.60. The van der Waals surface area contributed by atoms with Crippen LogP contribution in [0.5, 0.6) is 0 Å². The van der Waals surface area contributed by atoms with E-state index in [-0.39, 0.29) is 11.6 Å². The van der Waals surface area contributed by atoms with Gasteiger partial charge in [-0.2, -0.15) is 0 Å². The van der Waals surface area contributed by atoms with Crippen LogP contribution in [0.25, 0.3) is 22.2 Å². The third-order valence-corrected chi connectivity index (χ3v) is 4.64. The van der Waals surface area contributed by atoms with Crippen molar-refractivity contribution in [3.05, 3.63) is 58.1 Å². The number of non-ortho nitro benzene ring substituents is 1. The third kappa shape index (κ3) is 2.00. The summed E-state index contributed by atoms with van der Waals surface area (Å²) in [6.07, 6.45) is 0. The van der Waals surface area contributed by atoms with Gasteiger partial charge in [0.2, 0.25) is 5.91 Å². The Hall–Kier alpha value is -3.15. The lowest BCUT2D eigenvalue weighted by Crippen LogP contribution is -2.26. The average Bonchev–Trinajstić information content (AvgIpc) is 3.05. The zero-order valence-corrected chi connectivity index (χ0v) is 13.2. The number of nitrogens with one attached hydrogen (secondary N) is 2. The first-order valence-electron chi connectivity index (χ1n) is 7.60. The molecule has 0 saturated heterocycles. The number of benzene rings is 2. The molecule has 0 bridgehead atoms. The summed E-state index contributed by atoms with van der Waals surface area (Å²) < 4.78 is 0. The van der Waals surface area contributed by atoms with E-state index in [1.165, 1.54) is 12.1 Å². The fraction of sp³-hybridized carbons (Fsp3) is 0.167. The summed E-state index contributed by atoms with van der Waals surface area (Å²) in [4.78, 5) is 25.7. The number of aromatic amines is 1. The van der Waals surface area contributed by atoms with Crippen LogP contribution in [-0.2, 0) is 10.2 Å². The van der Waals surface area contributed by atoms with E-state index < -0.39 is 10.3 Å². The quantitative estimate of drug-likeness (QED) is 0.553. The van der Waals surface area contributed by atoms with Crippen LogP contribution in [0, 0.1) is 10.1 Å². The van der Waals surface area contributed by atoms with Gasteiger partial charge in [0, 0.05) is 34.4 Å². The van der Waals surface area contributed by atoms with Gasteiger partial charge in [-0.1, -0.05) is 0 Å². The van der Waals surface area contributed by atoms with Crippen molar-refractivity contribution >= 4 is 28.2 Å². The molecule has 1 aliphatic rings. The summed E-state index contributed by atoms with van der Waals surface area (Å²) in [6, 6.07) is 12.4. The lowest BCUT2D eigenvalue weighted by atomic mass is 9.86. The van der Waals surface area contributed by atoms with Gasteiger partial charge < -0.3 is 10.3 Å². The molecule has 2 aromatic carbocycles. The summed E-state index contributed by atoms with van der Waals surface area (Å²) in [5.41, 5.74) is 4.00. The van der Waals surface area contributed by atoms with Gasteiger partial charge in [-0.15, -0.1) is 0 Å². The van der Waals surface area contributed by atoms with Gasteiger partial charge in [-0.25, -0.2) is 0 Å². The number of carbonyl (C=O) groups is 1. The number of hydrogen-bond donors (Lipinski definition) is 2. The maximum atomic E-state index is 12.1. The van der Waals surface area contributed by atoms with Crippen molar-refractivity contribution in [2.45, 2.75) is 19.3 Å². The predicted molar refractivity (Wildman–Crippen MR) is 92.0 cm³/mol. The molecule has 6 heteroatoms. The van der Waals surface area contributed by atoms with Crippen LogP contribution < -0.4 is 5.32 Å². The van der Waals surface area contributed by atoms with Crippen molar-refractivity contribution in [2.24, 2.45) is 0 Å². The van der Waals surface area contributed by atoms with Crippen molar-refractivity contribution < 1.29 is 9.72 Å². The van der Waals surface area contributed by atoms with Crippen LogP contribution in [0.4, 0.5) is 11.4 Å². The van der Waals surface area contributed by atoms with Gasteiger partial charge in [0.05, 0.1) is 10.3 Å². The number of nitro benzene ring substituents is 1. The van der Waals surface area contributed by atoms with Crippen LogP contribution in [0.15, 0.2) is 42.5 Å². The number of H-pyrrole nitrogens is 1. The molecule has 24 heavy (non-hydrogen) atoms. The number of aromatic nitrogens is 1. The van der Waals surface area contributed by atoms with Gasteiger partial charge in [-0.3, -0.25) is 14.9 Å². The molecule has 4 rings (SSSR count). The van der Waals surface area contributed by atoms with Crippen LogP contribution in [0.3, 0.4) is 0 Å². The maximum Gasteiger partial charge on any atom is 0.269 e. The molecule has 0 aliphatic carbocycles. The lowest BCUT2D eigenvalue weighted by molar-refractivity contribution is -0.384. The molecule has 1 aliphatic heterocycles. The number of carbonyl (C=O) groups excluding carboxylic acids is 1. The zero-order chi connectivity index (χ0) is 17.1. The van der Waals surface area contributed by atoms with Gasteiger partial charge >= 0.3 is 0 Å². The molecular formula is C18H15N3O3. The molecule has 0 fully saturated rings. The summed E-state index contributed by atoms with van der Waals surface area (Å²) >= 11 is 0. The number of nitrogens with zero attached hydrogens (tertiary/aromatic N) is 1. The van der Waals surface area contributed by atoms with E-state index in [0.29, 0.717) is 0 Å². The van der Waals surface area contributed by atoms with E-state index >= 15 is 0 Å². The molecule has 2 heterocycles. The molecule has 0 radical (unpaired) electrons. The molecule has 1 aromatic heterocycles. The number of anilines is 1. The highest BCUT2D eigenvalue weighted by atomic mass is 16.6. The van der Waals surface area contributed by atoms with Gasteiger partial charge in [0.25, 0.3) is 5.69 Å². The van der Waals surface area contributed by atoms with Gasteiger partial charge in [0.1, 0.15) is 0 Å². The fourth-order valence-corrected chi connectivity index (χ4v) is 3.12. The minimum absolute atomic E-state index is 0.000690. The summed E-state index contributed by atoms with van der Waals surface area (Å²) in [7, 11) is 0. The highest BCUT2D eigenvalue weighted by Gasteiger charge is 2.38. The summed E-state index contributed by atoms with van der Waals surface area (Å²) in [6.45, 7) is 3.81. The Morgan fingerprint density at radius 3 is 2.46 bits per heavy atom. The Morgan fingerprint density at radius 2 is 1.79 bits per heavy atom. The number of rotatable bonds is 2. The Kier molecular flexibility index (Phi) is 2.81. The Labute approximate surface area is 137 Å². The number of amides is 1. The summed E-state index contributed by atoms with van der Waals surface area (Å²) in [5, 5.41) is 14.7. The predicted octanol–water partition coefficient (Wildman–Crippen LogP) is 3.97. The number of nitro groups is 1. The van der Waals surface area contributed by atoms with E-state index in [1.54, 1.807) is 12.1 Å². The number of hydrogen-bond acceptors (Lipinski definition) is 3. The van der Waals surface area contributed by atoms with Crippen molar-refractivity contribution in [3.8, 4) is 11.3 Å². The Morgan fingerprint density at radius 1 is 1.08 bits per heavy atom. The van der Waals surface area contributed by atoms with Crippen LogP contribution in [0.2, 0.25) is 0 Å². The third-order valence-electron chi connectivity index (χ3n) is 4.64. The second kappa shape index (κ2) is 4.67. The Bertz CT molecular complexity index is 1000. The highest BCUT2D eigenvalue weighted by molar-refractivity contribution is 6.08. The first kappa shape index (κ1) is 14.4. The van der Waals surface area contributed by atoms with Crippen LogP contribution in [-0.4, -0.2) is 15.8 Å². The average molecular weight is 321 g/mol. The molecule has 2 N–H and O–H groups in total. The molecule has 1 amide bonds. The monoisotopic (exact) mass is 321 g/mol. The van der Waals surface area contributed by atoms with Crippen molar-refractivity contribution in [3.63, 3.8) is 0 Å². The molecule has 120 valence electrons. The summed E-state index contributed by atoms with van der Waals surface area (Å²) in [5.74, 6) is 0.000690. The first-order chi connectivity index (χ1) is 11.4. The second-order valence-electron chi connectivity index (χ2n) is 6.55. The van der Waals surface area contributed by atoms with Crippen molar-refractivity contribution in [1.29, 1.82) is 0 Å². The molecule has 0 unspecified atom stereocenters. The molecular weight excluding hydrogens is 306 g/mol. The highest BCUT2D eigenvalue weighted by Crippen LogP contribution is 2.40. The van der Waals surface area contributed by atoms with E-state index in [4.69, 9.17) is 0 Å². The van der Waals surface area contributed by atoms with Gasteiger partial charge in [-0.05, 0) is 55.3 Å².